The Balaban J connectivity index is 1.57. The molecule has 0 saturated carbocycles. The van der Waals surface area contributed by atoms with Gasteiger partial charge in [-0.2, -0.15) is 0 Å². The van der Waals surface area contributed by atoms with Crippen molar-refractivity contribution in [3.63, 3.8) is 0 Å². The maximum absolute atomic E-state index is 12.7. The molecule has 1 amide bonds. The molecule has 1 aliphatic heterocycles. The number of halogens is 1. The van der Waals surface area contributed by atoms with E-state index in [-0.39, 0.29) is 5.91 Å². The molecule has 1 fully saturated rings. The molecule has 1 saturated heterocycles. The first-order valence-corrected chi connectivity index (χ1v) is 8.80. The quantitative estimate of drug-likeness (QED) is 0.841. The van der Waals surface area contributed by atoms with E-state index in [1.165, 1.54) is 0 Å². The van der Waals surface area contributed by atoms with E-state index < -0.39 is 6.10 Å². The predicted octanol–water partition coefficient (Wildman–Crippen LogP) is 3.16. The molecule has 0 spiro atoms. The molecule has 2 heterocycles. The molecule has 5 nitrogen and oxygen atoms in total. The summed E-state index contributed by atoms with van der Waals surface area (Å²) in [4.78, 5) is 21.1. The molecule has 2 aromatic rings. The lowest BCUT2D eigenvalue weighted by atomic mass is 10.2. The van der Waals surface area contributed by atoms with E-state index in [4.69, 9.17) is 16.3 Å². The fourth-order valence-corrected chi connectivity index (χ4v) is 3.06. The molecule has 6 heteroatoms. The summed E-state index contributed by atoms with van der Waals surface area (Å²) in [6.45, 7) is 6.58. The maximum Gasteiger partial charge on any atom is 0.263 e. The fourth-order valence-electron chi connectivity index (χ4n) is 2.90. The summed E-state index contributed by atoms with van der Waals surface area (Å²) in [5.74, 6) is 1.48. The number of aryl methyl sites for hydroxylation is 1. The van der Waals surface area contributed by atoms with E-state index >= 15 is 0 Å². The van der Waals surface area contributed by atoms with Crippen molar-refractivity contribution < 1.29 is 9.53 Å². The summed E-state index contributed by atoms with van der Waals surface area (Å²) in [5.41, 5.74) is 1.04. The number of carbonyl (C=O) groups is 1. The molecule has 0 aliphatic carbocycles. The molecular weight excluding hydrogens is 338 g/mol. The van der Waals surface area contributed by atoms with Crippen LogP contribution in [0, 0.1) is 6.92 Å². The zero-order valence-corrected chi connectivity index (χ0v) is 15.2. The normalized spacial score (nSPS) is 15.8. The average molecular weight is 360 g/mol. The van der Waals surface area contributed by atoms with Crippen LogP contribution in [0.1, 0.15) is 12.5 Å². The Morgan fingerprint density at radius 3 is 2.64 bits per heavy atom. The van der Waals surface area contributed by atoms with Crippen LogP contribution in [0.2, 0.25) is 5.02 Å². The Labute approximate surface area is 153 Å². The second-order valence-corrected chi connectivity index (χ2v) is 6.60. The predicted molar refractivity (Wildman–Crippen MR) is 99.3 cm³/mol. The standard InChI is InChI=1S/C19H22ClN3O2/c1-14-6-7-16(20)17(13-14)25-15(2)19(24)23-11-9-22(10-12-23)18-5-3-4-8-21-18/h3-8,13,15H,9-12H2,1-2H3/t15-/m1/s1. The second kappa shape index (κ2) is 7.74. The van der Waals surface area contributed by atoms with Gasteiger partial charge in [-0.1, -0.05) is 23.7 Å². The van der Waals surface area contributed by atoms with E-state index in [0.717, 1.165) is 24.5 Å². The molecule has 3 rings (SSSR count). The van der Waals surface area contributed by atoms with Gasteiger partial charge in [-0.15, -0.1) is 0 Å². The zero-order valence-electron chi connectivity index (χ0n) is 14.5. The van der Waals surface area contributed by atoms with Crippen molar-refractivity contribution in [3.8, 4) is 5.75 Å². The topological polar surface area (TPSA) is 45.7 Å². The van der Waals surface area contributed by atoms with E-state index in [1.54, 1.807) is 19.2 Å². The third-order valence-electron chi connectivity index (χ3n) is 4.30. The third-order valence-corrected chi connectivity index (χ3v) is 4.62. The molecule has 0 unspecified atom stereocenters. The zero-order chi connectivity index (χ0) is 17.8. The van der Waals surface area contributed by atoms with E-state index in [1.807, 2.05) is 42.2 Å². The van der Waals surface area contributed by atoms with Crippen LogP contribution < -0.4 is 9.64 Å². The third kappa shape index (κ3) is 4.23. The Morgan fingerprint density at radius 1 is 1.20 bits per heavy atom. The Hall–Kier alpha value is -2.27. The first-order valence-electron chi connectivity index (χ1n) is 8.42. The summed E-state index contributed by atoms with van der Waals surface area (Å²) < 4.78 is 5.80. The van der Waals surface area contributed by atoms with Crippen LogP contribution in [-0.2, 0) is 4.79 Å². The minimum atomic E-state index is -0.569. The summed E-state index contributed by atoms with van der Waals surface area (Å²) in [7, 11) is 0. The van der Waals surface area contributed by atoms with Crippen molar-refractivity contribution in [1.82, 2.24) is 9.88 Å². The van der Waals surface area contributed by atoms with Gasteiger partial charge in [-0.3, -0.25) is 4.79 Å². The summed E-state index contributed by atoms with van der Waals surface area (Å²) in [6.07, 6.45) is 1.22. The maximum atomic E-state index is 12.7. The van der Waals surface area contributed by atoms with Crippen molar-refractivity contribution in [1.29, 1.82) is 0 Å². The van der Waals surface area contributed by atoms with Crippen molar-refractivity contribution in [3.05, 3.63) is 53.2 Å². The van der Waals surface area contributed by atoms with Gasteiger partial charge >= 0.3 is 0 Å². The van der Waals surface area contributed by atoms with E-state index in [0.29, 0.717) is 23.9 Å². The Morgan fingerprint density at radius 2 is 1.96 bits per heavy atom. The van der Waals surface area contributed by atoms with Crippen LogP contribution in [-0.4, -0.2) is 48.1 Å². The van der Waals surface area contributed by atoms with Gasteiger partial charge in [0.2, 0.25) is 0 Å². The molecule has 0 bridgehead atoms. The number of piperazine rings is 1. The second-order valence-electron chi connectivity index (χ2n) is 6.19. The largest absolute Gasteiger partial charge is 0.479 e. The average Bonchev–Trinajstić information content (AvgIpc) is 2.65. The van der Waals surface area contributed by atoms with Gasteiger partial charge in [0.05, 0.1) is 5.02 Å². The minimum Gasteiger partial charge on any atom is -0.479 e. The highest BCUT2D eigenvalue weighted by Gasteiger charge is 2.26. The highest BCUT2D eigenvalue weighted by molar-refractivity contribution is 6.32. The molecule has 1 aromatic carbocycles. The van der Waals surface area contributed by atoms with E-state index in [2.05, 4.69) is 9.88 Å². The lowest BCUT2D eigenvalue weighted by Gasteiger charge is -2.36. The molecule has 25 heavy (non-hydrogen) atoms. The summed E-state index contributed by atoms with van der Waals surface area (Å²) >= 11 is 6.15. The van der Waals surface area contributed by atoms with Crippen LogP contribution in [0.5, 0.6) is 5.75 Å². The SMILES string of the molecule is Cc1ccc(Cl)c(O[C@H](C)C(=O)N2CCN(c3ccccn3)CC2)c1. The van der Waals surface area contributed by atoms with Crippen LogP contribution in [0.3, 0.4) is 0 Å². The van der Waals surface area contributed by atoms with Gasteiger partial charge < -0.3 is 14.5 Å². The van der Waals surface area contributed by atoms with Crippen molar-refractivity contribution >= 4 is 23.3 Å². The summed E-state index contributed by atoms with van der Waals surface area (Å²) in [5, 5.41) is 0.519. The number of rotatable bonds is 4. The highest BCUT2D eigenvalue weighted by Crippen LogP contribution is 2.26. The number of ether oxygens (including phenoxy) is 1. The fraction of sp³-hybridized carbons (Fsp3) is 0.368. The number of pyridine rings is 1. The lowest BCUT2D eigenvalue weighted by molar-refractivity contribution is -0.138. The number of nitrogens with zero attached hydrogens (tertiary/aromatic N) is 3. The smallest absolute Gasteiger partial charge is 0.263 e. The minimum absolute atomic E-state index is 0.0155. The van der Waals surface area contributed by atoms with Crippen molar-refractivity contribution in [2.24, 2.45) is 0 Å². The molecule has 1 aromatic heterocycles. The number of aromatic nitrogens is 1. The van der Waals surface area contributed by atoms with Gasteiger partial charge in [0.1, 0.15) is 11.6 Å². The lowest BCUT2D eigenvalue weighted by Crippen LogP contribution is -2.52. The van der Waals surface area contributed by atoms with Gasteiger partial charge in [-0.05, 0) is 43.7 Å². The number of carbonyl (C=O) groups excluding carboxylic acids is 1. The molecule has 1 aliphatic rings. The summed E-state index contributed by atoms with van der Waals surface area (Å²) in [6, 6.07) is 11.4. The molecule has 0 N–H and O–H groups in total. The number of hydrogen-bond donors (Lipinski definition) is 0. The van der Waals surface area contributed by atoms with Crippen molar-refractivity contribution in [2.45, 2.75) is 20.0 Å². The van der Waals surface area contributed by atoms with Crippen molar-refractivity contribution in [2.75, 3.05) is 31.1 Å². The molecule has 132 valence electrons. The molecule has 0 radical (unpaired) electrons. The Kier molecular flexibility index (Phi) is 5.43. The van der Waals surface area contributed by atoms with Crippen LogP contribution in [0.4, 0.5) is 5.82 Å². The van der Waals surface area contributed by atoms with Gasteiger partial charge in [0.25, 0.3) is 5.91 Å². The first-order chi connectivity index (χ1) is 12.0. The highest BCUT2D eigenvalue weighted by atomic mass is 35.5. The van der Waals surface area contributed by atoms with Gasteiger partial charge in [0, 0.05) is 32.4 Å². The van der Waals surface area contributed by atoms with Crippen LogP contribution >= 0.6 is 11.6 Å². The number of anilines is 1. The van der Waals surface area contributed by atoms with Crippen LogP contribution in [0.15, 0.2) is 42.6 Å². The number of hydrogen-bond acceptors (Lipinski definition) is 4. The number of amides is 1. The molecule has 1 atom stereocenters. The van der Waals surface area contributed by atoms with Gasteiger partial charge in [0.15, 0.2) is 6.10 Å². The number of benzene rings is 1. The Bertz CT molecular complexity index is 731. The van der Waals surface area contributed by atoms with E-state index in [9.17, 15) is 4.79 Å². The van der Waals surface area contributed by atoms with Gasteiger partial charge in [-0.25, -0.2) is 4.98 Å². The monoisotopic (exact) mass is 359 g/mol. The molecular formula is C19H22ClN3O2. The van der Waals surface area contributed by atoms with Crippen LogP contribution in [0.25, 0.3) is 0 Å². The first kappa shape index (κ1) is 17.5.